The largest absolute Gasteiger partial charge is 0.489 e. The molecule has 0 bridgehead atoms. The fraction of sp³-hybridized carbons (Fsp3) is 0.278. The summed E-state index contributed by atoms with van der Waals surface area (Å²) in [5.74, 6) is -1.50. The molecule has 0 saturated carbocycles. The lowest BCUT2D eigenvalue weighted by Gasteiger charge is -2.29. The van der Waals surface area contributed by atoms with E-state index in [0.29, 0.717) is 29.4 Å². The quantitative estimate of drug-likeness (QED) is 0.733. The molecular formula is C18H17Cl2FN2O4S. The van der Waals surface area contributed by atoms with Crippen LogP contribution in [0.25, 0.3) is 0 Å². The second-order valence-corrected chi connectivity index (χ2v) is 8.80. The zero-order valence-electron chi connectivity index (χ0n) is 14.8. The molecule has 6 nitrogen and oxygen atoms in total. The van der Waals surface area contributed by atoms with Gasteiger partial charge in [0.05, 0.1) is 5.56 Å². The molecule has 1 aliphatic rings. The number of hydrogen-bond donors (Lipinski definition) is 1. The Bertz CT molecular complexity index is 1030. The SMILES string of the molecule is Cc1ccc(OCc2cc(F)c(C(=O)NS(=O)(=O)N3CCC3)cc2Cl)cc1Cl. The third kappa shape index (κ3) is 4.57. The van der Waals surface area contributed by atoms with Crippen molar-refractivity contribution < 1.29 is 22.3 Å². The maximum atomic E-state index is 14.4. The van der Waals surface area contributed by atoms with E-state index < -0.39 is 27.5 Å². The number of aryl methyl sites for hydroxylation is 1. The zero-order chi connectivity index (χ0) is 20.5. The van der Waals surface area contributed by atoms with Crippen molar-refractivity contribution in [3.8, 4) is 5.75 Å². The number of benzene rings is 2. The minimum Gasteiger partial charge on any atom is -0.489 e. The molecule has 0 radical (unpaired) electrons. The van der Waals surface area contributed by atoms with Crippen molar-refractivity contribution in [1.29, 1.82) is 0 Å². The van der Waals surface area contributed by atoms with E-state index in [1.54, 1.807) is 18.2 Å². The van der Waals surface area contributed by atoms with Gasteiger partial charge in [0.1, 0.15) is 18.2 Å². The van der Waals surface area contributed by atoms with E-state index in [1.165, 1.54) is 0 Å². The maximum absolute atomic E-state index is 14.4. The molecule has 1 N–H and O–H groups in total. The minimum absolute atomic E-state index is 0.0525. The van der Waals surface area contributed by atoms with Crippen molar-refractivity contribution >= 4 is 39.3 Å². The van der Waals surface area contributed by atoms with Crippen LogP contribution in [0.15, 0.2) is 30.3 Å². The standard InChI is InChI=1S/C18H17Cl2FN2O4S/c1-11-3-4-13(8-15(11)19)27-10-12-7-17(21)14(9-16(12)20)18(24)22-28(25,26)23-5-2-6-23/h3-4,7-9H,2,5-6,10H2,1H3,(H,22,24). The molecule has 28 heavy (non-hydrogen) atoms. The molecule has 3 rings (SSSR count). The minimum atomic E-state index is -3.98. The average Bonchev–Trinajstić information content (AvgIpc) is 2.55. The highest BCUT2D eigenvalue weighted by Gasteiger charge is 2.30. The van der Waals surface area contributed by atoms with Crippen LogP contribution in [0.2, 0.25) is 10.0 Å². The lowest BCUT2D eigenvalue weighted by Crippen LogP contribution is -2.49. The van der Waals surface area contributed by atoms with E-state index >= 15 is 0 Å². The summed E-state index contributed by atoms with van der Waals surface area (Å²) in [6.07, 6.45) is 0.718. The zero-order valence-corrected chi connectivity index (χ0v) is 17.2. The summed E-state index contributed by atoms with van der Waals surface area (Å²) >= 11 is 12.2. The highest BCUT2D eigenvalue weighted by molar-refractivity contribution is 7.87. The van der Waals surface area contributed by atoms with Gasteiger partial charge < -0.3 is 4.74 Å². The Morgan fingerprint density at radius 1 is 1.21 bits per heavy atom. The van der Waals surface area contributed by atoms with Crippen LogP contribution in [0.5, 0.6) is 5.75 Å². The number of halogens is 3. The topological polar surface area (TPSA) is 75.7 Å². The average molecular weight is 447 g/mol. The predicted octanol–water partition coefficient (Wildman–Crippen LogP) is 3.70. The Hall–Kier alpha value is -1.87. The summed E-state index contributed by atoms with van der Waals surface area (Å²) in [6, 6.07) is 7.26. The van der Waals surface area contributed by atoms with Gasteiger partial charge in [-0.15, -0.1) is 0 Å². The normalized spacial score (nSPS) is 14.4. The molecule has 1 aliphatic heterocycles. The first-order valence-electron chi connectivity index (χ1n) is 8.36. The second kappa shape index (κ2) is 8.24. The molecule has 1 saturated heterocycles. The molecule has 2 aromatic carbocycles. The molecule has 0 aliphatic carbocycles. The molecular weight excluding hydrogens is 430 g/mol. The fourth-order valence-corrected chi connectivity index (χ4v) is 4.06. The molecule has 1 heterocycles. The van der Waals surface area contributed by atoms with E-state index in [2.05, 4.69) is 0 Å². The van der Waals surface area contributed by atoms with Gasteiger partial charge in [-0.1, -0.05) is 29.3 Å². The van der Waals surface area contributed by atoms with Crippen LogP contribution < -0.4 is 9.46 Å². The molecule has 1 amide bonds. The van der Waals surface area contributed by atoms with Crippen LogP contribution in [0, 0.1) is 12.7 Å². The molecule has 0 spiro atoms. The maximum Gasteiger partial charge on any atom is 0.304 e. The summed E-state index contributed by atoms with van der Waals surface area (Å²) < 4.78 is 46.8. The summed E-state index contributed by atoms with van der Waals surface area (Å²) in [7, 11) is -3.98. The van der Waals surface area contributed by atoms with Crippen LogP contribution in [0.3, 0.4) is 0 Å². The first-order chi connectivity index (χ1) is 13.2. The molecule has 150 valence electrons. The van der Waals surface area contributed by atoms with E-state index in [9.17, 15) is 17.6 Å². The number of hydrogen-bond acceptors (Lipinski definition) is 4. The first-order valence-corrected chi connectivity index (χ1v) is 10.6. The van der Waals surface area contributed by atoms with Gasteiger partial charge >= 0.3 is 10.2 Å². The molecule has 0 aromatic heterocycles. The smallest absolute Gasteiger partial charge is 0.304 e. The van der Waals surface area contributed by atoms with E-state index in [0.717, 1.165) is 28.4 Å². The monoisotopic (exact) mass is 446 g/mol. The van der Waals surface area contributed by atoms with Crippen LogP contribution in [-0.2, 0) is 16.8 Å². The van der Waals surface area contributed by atoms with Gasteiger partial charge in [0, 0.05) is 28.7 Å². The van der Waals surface area contributed by atoms with Crippen LogP contribution in [-0.4, -0.2) is 31.7 Å². The number of nitrogens with zero attached hydrogens (tertiary/aromatic N) is 1. The van der Waals surface area contributed by atoms with Gasteiger partial charge in [0.2, 0.25) is 0 Å². The second-order valence-electron chi connectivity index (χ2n) is 6.31. The molecule has 0 unspecified atom stereocenters. The lowest BCUT2D eigenvalue weighted by atomic mass is 10.1. The van der Waals surface area contributed by atoms with Gasteiger partial charge in [-0.3, -0.25) is 4.79 Å². The molecule has 1 fully saturated rings. The summed E-state index contributed by atoms with van der Waals surface area (Å²) in [5.41, 5.74) is 0.732. The van der Waals surface area contributed by atoms with Crippen LogP contribution in [0.4, 0.5) is 4.39 Å². The van der Waals surface area contributed by atoms with E-state index in [-0.39, 0.29) is 11.6 Å². The van der Waals surface area contributed by atoms with Crippen molar-refractivity contribution in [1.82, 2.24) is 9.03 Å². The summed E-state index contributed by atoms with van der Waals surface area (Å²) in [4.78, 5) is 12.2. The predicted molar refractivity (Wildman–Crippen MR) is 105 cm³/mol. The van der Waals surface area contributed by atoms with Crippen molar-refractivity contribution in [2.45, 2.75) is 20.0 Å². The molecule has 2 aromatic rings. The van der Waals surface area contributed by atoms with Crippen LogP contribution in [0.1, 0.15) is 27.9 Å². The third-order valence-corrected chi connectivity index (χ3v) is 6.54. The van der Waals surface area contributed by atoms with Gasteiger partial charge in [-0.05, 0) is 43.2 Å². The Balaban J connectivity index is 1.73. The highest BCUT2D eigenvalue weighted by Crippen LogP contribution is 2.26. The van der Waals surface area contributed by atoms with E-state index in [1.807, 2.05) is 11.6 Å². The Morgan fingerprint density at radius 3 is 2.54 bits per heavy atom. The molecule has 0 atom stereocenters. The van der Waals surface area contributed by atoms with Crippen molar-refractivity contribution in [3.63, 3.8) is 0 Å². The Kier molecular flexibility index (Phi) is 6.14. The number of rotatable bonds is 6. The van der Waals surface area contributed by atoms with Crippen LogP contribution >= 0.6 is 23.2 Å². The van der Waals surface area contributed by atoms with Gasteiger partial charge in [0.25, 0.3) is 5.91 Å². The number of carbonyl (C=O) groups excluding carboxylic acids is 1. The van der Waals surface area contributed by atoms with Crippen molar-refractivity contribution in [2.24, 2.45) is 0 Å². The lowest BCUT2D eigenvalue weighted by molar-refractivity contribution is 0.0973. The number of amides is 1. The highest BCUT2D eigenvalue weighted by atomic mass is 35.5. The fourth-order valence-electron chi connectivity index (χ4n) is 2.46. The number of ether oxygens (including phenoxy) is 1. The Morgan fingerprint density at radius 2 is 1.93 bits per heavy atom. The van der Waals surface area contributed by atoms with Gasteiger partial charge in [-0.2, -0.15) is 12.7 Å². The summed E-state index contributed by atoms with van der Waals surface area (Å²) in [6.45, 7) is 2.45. The number of nitrogens with one attached hydrogen (secondary N) is 1. The third-order valence-electron chi connectivity index (χ3n) is 4.29. The number of carbonyl (C=O) groups is 1. The first kappa shape index (κ1) is 20.9. The van der Waals surface area contributed by atoms with Crippen molar-refractivity contribution in [2.75, 3.05) is 13.1 Å². The molecule has 10 heteroatoms. The Labute approximate surface area is 172 Å². The van der Waals surface area contributed by atoms with E-state index in [4.69, 9.17) is 27.9 Å². The summed E-state index contributed by atoms with van der Waals surface area (Å²) in [5, 5.41) is 0.608. The van der Waals surface area contributed by atoms with Gasteiger partial charge in [0.15, 0.2) is 0 Å². The van der Waals surface area contributed by atoms with Gasteiger partial charge in [-0.25, -0.2) is 9.11 Å². The van der Waals surface area contributed by atoms with Crippen molar-refractivity contribution in [3.05, 3.63) is 62.9 Å².